The zero-order valence-electron chi connectivity index (χ0n) is 8.01. The second kappa shape index (κ2) is 17.3. The van der Waals surface area contributed by atoms with E-state index in [4.69, 9.17) is 20.5 Å². The Labute approximate surface area is 83.0 Å². The SMILES string of the molecule is C=CCl.CCCO[SiH2]OCCC. The van der Waals surface area contributed by atoms with Crippen molar-refractivity contribution in [2.75, 3.05) is 13.2 Å². The van der Waals surface area contributed by atoms with E-state index < -0.39 is 10.0 Å². The Hall–Kier alpha value is 0.167. The highest BCUT2D eigenvalue weighted by atomic mass is 35.5. The monoisotopic (exact) mass is 210 g/mol. The van der Waals surface area contributed by atoms with Crippen LogP contribution in [0.15, 0.2) is 12.1 Å². The number of rotatable bonds is 6. The van der Waals surface area contributed by atoms with E-state index in [0.717, 1.165) is 26.1 Å². The van der Waals surface area contributed by atoms with Gasteiger partial charge in [0.25, 0.3) is 0 Å². The molecule has 0 heterocycles. The van der Waals surface area contributed by atoms with Gasteiger partial charge in [-0.05, 0) is 18.4 Å². The molecule has 0 aromatic carbocycles. The van der Waals surface area contributed by atoms with Crippen LogP contribution < -0.4 is 0 Å². The number of hydrogen-bond acceptors (Lipinski definition) is 2. The van der Waals surface area contributed by atoms with E-state index >= 15 is 0 Å². The molecule has 0 aliphatic carbocycles. The summed E-state index contributed by atoms with van der Waals surface area (Å²) in [5.74, 6) is 0. The van der Waals surface area contributed by atoms with Crippen molar-refractivity contribution in [1.82, 2.24) is 0 Å². The molecule has 0 aromatic rings. The van der Waals surface area contributed by atoms with Gasteiger partial charge in [-0.15, -0.1) is 0 Å². The van der Waals surface area contributed by atoms with Crippen LogP contribution in [0.1, 0.15) is 26.7 Å². The Morgan fingerprint density at radius 1 is 1.25 bits per heavy atom. The summed E-state index contributed by atoms with van der Waals surface area (Å²) in [6, 6.07) is 0. The molecule has 0 unspecified atom stereocenters. The van der Waals surface area contributed by atoms with Crippen LogP contribution in [0.2, 0.25) is 0 Å². The van der Waals surface area contributed by atoms with E-state index in [-0.39, 0.29) is 0 Å². The fourth-order valence-electron chi connectivity index (χ4n) is 0.465. The lowest BCUT2D eigenvalue weighted by Gasteiger charge is -2.00. The van der Waals surface area contributed by atoms with E-state index in [1.807, 2.05) is 0 Å². The molecule has 0 fully saturated rings. The van der Waals surface area contributed by atoms with Gasteiger partial charge in [0.1, 0.15) is 0 Å². The van der Waals surface area contributed by atoms with Crippen LogP contribution in [0.5, 0.6) is 0 Å². The summed E-state index contributed by atoms with van der Waals surface area (Å²) in [5.41, 5.74) is 1.22. The minimum Gasteiger partial charge on any atom is -0.399 e. The summed E-state index contributed by atoms with van der Waals surface area (Å²) in [6.07, 6.45) is 2.20. The Bertz CT molecular complexity index is 75.5. The quantitative estimate of drug-likeness (QED) is 0.495. The molecule has 74 valence electrons. The number of hydrogen-bond donors (Lipinski definition) is 0. The fourth-order valence-corrected chi connectivity index (χ4v) is 1.40. The maximum Gasteiger partial charge on any atom is 0.304 e. The molecule has 0 aromatic heterocycles. The lowest BCUT2D eigenvalue weighted by molar-refractivity contribution is 0.222. The summed E-state index contributed by atoms with van der Waals surface area (Å²) in [4.78, 5) is 0. The van der Waals surface area contributed by atoms with Gasteiger partial charge in [-0.1, -0.05) is 32.0 Å². The third kappa shape index (κ3) is 22.5. The highest BCUT2D eigenvalue weighted by Gasteiger charge is 1.85. The van der Waals surface area contributed by atoms with Crippen molar-refractivity contribution in [1.29, 1.82) is 0 Å². The molecule has 12 heavy (non-hydrogen) atoms. The van der Waals surface area contributed by atoms with Crippen LogP contribution in [0.4, 0.5) is 0 Å². The molecule has 0 aliphatic rings. The molecule has 0 saturated heterocycles. The smallest absolute Gasteiger partial charge is 0.304 e. The molecule has 0 bridgehead atoms. The van der Waals surface area contributed by atoms with E-state index in [9.17, 15) is 0 Å². The maximum absolute atomic E-state index is 5.20. The predicted molar refractivity (Wildman–Crippen MR) is 57.1 cm³/mol. The first kappa shape index (κ1) is 14.7. The van der Waals surface area contributed by atoms with Crippen molar-refractivity contribution in [2.45, 2.75) is 26.7 Å². The molecule has 2 nitrogen and oxygen atoms in total. The van der Waals surface area contributed by atoms with Gasteiger partial charge < -0.3 is 8.85 Å². The van der Waals surface area contributed by atoms with Crippen LogP contribution >= 0.6 is 11.6 Å². The maximum atomic E-state index is 5.20. The second-order valence-electron chi connectivity index (χ2n) is 2.09. The van der Waals surface area contributed by atoms with Crippen molar-refractivity contribution in [3.05, 3.63) is 12.1 Å². The zero-order valence-corrected chi connectivity index (χ0v) is 10.2. The lowest BCUT2D eigenvalue weighted by Crippen LogP contribution is -2.05. The fraction of sp³-hybridized carbons (Fsp3) is 0.750. The number of halogens is 1. The van der Waals surface area contributed by atoms with Gasteiger partial charge in [0.15, 0.2) is 0 Å². The Morgan fingerprint density at radius 2 is 1.58 bits per heavy atom. The van der Waals surface area contributed by atoms with Crippen LogP contribution in [0.3, 0.4) is 0 Å². The third-order valence-corrected chi connectivity index (χ3v) is 1.77. The van der Waals surface area contributed by atoms with Gasteiger partial charge in [-0.3, -0.25) is 0 Å². The van der Waals surface area contributed by atoms with Gasteiger partial charge in [0.05, 0.1) is 0 Å². The molecule has 0 spiro atoms. The minimum atomic E-state index is -0.611. The molecule has 0 rings (SSSR count). The Morgan fingerprint density at radius 3 is 1.83 bits per heavy atom. The third-order valence-electron chi connectivity index (χ3n) is 0.864. The Balaban J connectivity index is 0. The predicted octanol–water partition coefficient (Wildman–Crippen LogP) is 2.21. The summed E-state index contributed by atoms with van der Waals surface area (Å²) in [5, 5.41) is 0. The van der Waals surface area contributed by atoms with Gasteiger partial charge in [0, 0.05) is 13.2 Å². The minimum absolute atomic E-state index is 0.611. The average molecular weight is 211 g/mol. The van der Waals surface area contributed by atoms with Crippen LogP contribution in [0, 0.1) is 0 Å². The van der Waals surface area contributed by atoms with Gasteiger partial charge in [0.2, 0.25) is 0 Å². The lowest BCUT2D eigenvalue weighted by atomic mass is 10.5. The molecule has 0 radical (unpaired) electrons. The molecular formula is C8H19ClO2Si. The van der Waals surface area contributed by atoms with Gasteiger partial charge in [-0.2, -0.15) is 0 Å². The highest BCUT2D eigenvalue weighted by Crippen LogP contribution is 1.81. The van der Waals surface area contributed by atoms with Crippen LogP contribution in [0.25, 0.3) is 0 Å². The first-order valence-electron chi connectivity index (χ1n) is 4.20. The van der Waals surface area contributed by atoms with E-state index in [0.29, 0.717) is 0 Å². The van der Waals surface area contributed by atoms with Crippen molar-refractivity contribution >= 4 is 21.6 Å². The van der Waals surface area contributed by atoms with E-state index in [1.54, 1.807) is 0 Å². The first-order valence-corrected chi connectivity index (χ1v) is 5.79. The topological polar surface area (TPSA) is 18.5 Å². The van der Waals surface area contributed by atoms with Crippen molar-refractivity contribution in [2.24, 2.45) is 0 Å². The highest BCUT2D eigenvalue weighted by molar-refractivity contribution is 6.25. The summed E-state index contributed by atoms with van der Waals surface area (Å²) in [6.45, 7) is 9.08. The molecule has 0 amide bonds. The van der Waals surface area contributed by atoms with Crippen molar-refractivity contribution < 1.29 is 8.85 Å². The molecule has 0 atom stereocenters. The summed E-state index contributed by atoms with van der Waals surface area (Å²) >= 11 is 4.76. The van der Waals surface area contributed by atoms with E-state index in [2.05, 4.69) is 20.4 Å². The normalized spacial score (nSPS) is 8.58. The molecule has 0 aliphatic heterocycles. The zero-order chi connectivity index (χ0) is 9.66. The first-order chi connectivity index (χ1) is 5.83. The van der Waals surface area contributed by atoms with Gasteiger partial charge >= 0.3 is 10.0 Å². The second-order valence-corrected chi connectivity index (χ2v) is 3.45. The summed E-state index contributed by atoms with van der Waals surface area (Å²) < 4.78 is 10.4. The molecule has 4 heteroatoms. The molecular weight excluding hydrogens is 192 g/mol. The Kier molecular flexibility index (Phi) is 21.2. The van der Waals surface area contributed by atoms with Crippen LogP contribution in [-0.2, 0) is 8.85 Å². The molecule has 0 saturated carbocycles. The largest absolute Gasteiger partial charge is 0.399 e. The van der Waals surface area contributed by atoms with E-state index in [1.165, 1.54) is 5.54 Å². The van der Waals surface area contributed by atoms with Crippen LogP contribution in [-0.4, -0.2) is 23.2 Å². The van der Waals surface area contributed by atoms with Gasteiger partial charge in [-0.25, -0.2) is 0 Å². The standard InChI is InChI=1S/C6H16O2Si.C2H3Cl/c1-3-5-7-9-8-6-4-2;1-2-3/h3-6,9H2,1-2H3;2H,1H2. The average Bonchev–Trinajstić information content (AvgIpc) is 2.06. The van der Waals surface area contributed by atoms with Crippen molar-refractivity contribution in [3.8, 4) is 0 Å². The molecule has 0 N–H and O–H groups in total. The van der Waals surface area contributed by atoms with Crippen molar-refractivity contribution in [3.63, 3.8) is 0 Å². The summed E-state index contributed by atoms with van der Waals surface area (Å²) in [7, 11) is -0.611.